The van der Waals surface area contributed by atoms with Crippen molar-refractivity contribution in [2.24, 2.45) is 5.41 Å². The zero-order chi connectivity index (χ0) is 15.6. The SMILES string of the molecule is CC(C)(C)C(NC(=O)Cc1cn2ccccc2n1)C(=O)O. The summed E-state index contributed by atoms with van der Waals surface area (Å²) in [5, 5.41) is 11.8. The van der Waals surface area contributed by atoms with E-state index in [1.54, 1.807) is 27.0 Å². The number of carbonyl (C=O) groups is 2. The normalized spacial score (nSPS) is 13.1. The molecule has 1 atom stereocenters. The van der Waals surface area contributed by atoms with Crippen molar-refractivity contribution in [3.8, 4) is 0 Å². The number of imidazole rings is 1. The van der Waals surface area contributed by atoms with Gasteiger partial charge < -0.3 is 14.8 Å². The maximum atomic E-state index is 12.0. The number of carboxylic acids is 1. The summed E-state index contributed by atoms with van der Waals surface area (Å²) in [5.74, 6) is -1.38. The summed E-state index contributed by atoms with van der Waals surface area (Å²) in [4.78, 5) is 27.6. The number of hydrogen-bond acceptors (Lipinski definition) is 3. The van der Waals surface area contributed by atoms with Crippen LogP contribution >= 0.6 is 0 Å². The molecule has 0 aromatic carbocycles. The zero-order valence-corrected chi connectivity index (χ0v) is 12.3. The van der Waals surface area contributed by atoms with Crippen molar-refractivity contribution < 1.29 is 14.7 Å². The molecule has 0 radical (unpaired) electrons. The molecule has 0 fully saturated rings. The maximum Gasteiger partial charge on any atom is 0.326 e. The van der Waals surface area contributed by atoms with Gasteiger partial charge in [0.25, 0.3) is 0 Å². The summed E-state index contributed by atoms with van der Waals surface area (Å²) < 4.78 is 1.82. The van der Waals surface area contributed by atoms with E-state index in [1.807, 2.05) is 28.8 Å². The predicted molar refractivity (Wildman–Crippen MR) is 77.9 cm³/mol. The van der Waals surface area contributed by atoms with E-state index in [1.165, 1.54) is 0 Å². The van der Waals surface area contributed by atoms with Gasteiger partial charge in [0.1, 0.15) is 11.7 Å². The van der Waals surface area contributed by atoms with E-state index < -0.39 is 17.4 Å². The molecule has 1 amide bonds. The number of pyridine rings is 1. The lowest BCUT2D eigenvalue weighted by atomic mass is 9.86. The first-order valence-electron chi connectivity index (χ1n) is 6.72. The smallest absolute Gasteiger partial charge is 0.326 e. The molecule has 2 heterocycles. The minimum Gasteiger partial charge on any atom is -0.480 e. The third-order valence-electron chi connectivity index (χ3n) is 3.17. The number of nitrogens with zero attached hydrogens (tertiary/aromatic N) is 2. The van der Waals surface area contributed by atoms with Crippen molar-refractivity contribution in [1.29, 1.82) is 0 Å². The third kappa shape index (κ3) is 3.59. The highest BCUT2D eigenvalue weighted by molar-refractivity contribution is 5.85. The standard InChI is InChI=1S/C15H19N3O3/c1-15(2,3)13(14(20)21)17-12(19)8-10-9-18-7-5-4-6-11(18)16-10/h4-7,9,13H,8H2,1-3H3,(H,17,19)(H,20,21). The number of carboxylic acid groups (broad SMARTS) is 1. The van der Waals surface area contributed by atoms with E-state index in [-0.39, 0.29) is 12.3 Å². The summed E-state index contributed by atoms with van der Waals surface area (Å²) in [6.07, 6.45) is 3.67. The Hall–Kier alpha value is -2.37. The van der Waals surface area contributed by atoms with Crippen LogP contribution in [0, 0.1) is 5.41 Å². The first kappa shape index (κ1) is 15.0. The molecule has 2 N–H and O–H groups in total. The number of hydrogen-bond donors (Lipinski definition) is 2. The number of fused-ring (bicyclic) bond motifs is 1. The summed E-state index contributed by atoms with van der Waals surface area (Å²) in [5.41, 5.74) is 0.808. The molecule has 2 rings (SSSR count). The van der Waals surface area contributed by atoms with Crippen LogP contribution in [0.4, 0.5) is 0 Å². The van der Waals surface area contributed by atoms with Crippen molar-refractivity contribution >= 4 is 17.5 Å². The van der Waals surface area contributed by atoms with Crippen molar-refractivity contribution in [3.63, 3.8) is 0 Å². The molecule has 1 unspecified atom stereocenters. The number of aromatic nitrogens is 2. The quantitative estimate of drug-likeness (QED) is 0.893. The van der Waals surface area contributed by atoms with Gasteiger partial charge in [-0.1, -0.05) is 26.8 Å². The van der Waals surface area contributed by atoms with Crippen molar-refractivity contribution in [1.82, 2.24) is 14.7 Å². The number of amides is 1. The largest absolute Gasteiger partial charge is 0.480 e. The highest BCUT2D eigenvalue weighted by Gasteiger charge is 2.32. The molecular weight excluding hydrogens is 270 g/mol. The molecule has 0 saturated carbocycles. The van der Waals surface area contributed by atoms with Gasteiger partial charge in [-0.25, -0.2) is 9.78 Å². The summed E-state index contributed by atoms with van der Waals surface area (Å²) in [6.45, 7) is 5.32. The predicted octanol–water partition coefficient (Wildman–Crippen LogP) is 1.49. The maximum absolute atomic E-state index is 12.0. The van der Waals surface area contributed by atoms with Crippen LogP contribution in [-0.4, -0.2) is 32.4 Å². The van der Waals surface area contributed by atoms with E-state index in [4.69, 9.17) is 0 Å². The van der Waals surface area contributed by atoms with E-state index in [2.05, 4.69) is 10.3 Å². The summed E-state index contributed by atoms with van der Waals surface area (Å²) in [7, 11) is 0. The molecule has 0 spiro atoms. The van der Waals surface area contributed by atoms with Crippen LogP contribution in [-0.2, 0) is 16.0 Å². The fourth-order valence-corrected chi connectivity index (χ4v) is 2.10. The van der Waals surface area contributed by atoms with Gasteiger partial charge in [-0.3, -0.25) is 4.79 Å². The Kier molecular flexibility index (Phi) is 3.97. The molecule has 0 aliphatic carbocycles. The van der Waals surface area contributed by atoms with Crippen LogP contribution in [0.2, 0.25) is 0 Å². The van der Waals surface area contributed by atoms with Crippen molar-refractivity contribution in [2.45, 2.75) is 33.2 Å². The molecular formula is C15H19N3O3. The minimum atomic E-state index is -1.04. The topological polar surface area (TPSA) is 83.7 Å². The fraction of sp³-hybridized carbons (Fsp3) is 0.400. The van der Waals surface area contributed by atoms with Gasteiger partial charge >= 0.3 is 5.97 Å². The van der Waals surface area contributed by atoms with Crippen LogP contribution in [0.1, 0.15) is 26.5 Å². The Balaban J connectivity index is 2.08. The Morgan fingerprint density at radius 3 is 2.67 bits per heavy atom. The second-order valence-electron chi connectivity index (χ2n) is 6.08. The van der Waals surface area contributed by atoms with E-state index in [0.717, 1.165) is 5.65 Å². The molecule has 0 aliphatic rings. The van der Waals surface area contributed by atoms with Gasteiger partial charge in [-0.15, -0.1) is 0 Å². The molecule has 21 heavy (non-hydrogen) atoms. The lowest BCUT2D eigenvalue weighted by Crippen LogP contribution is -2.49. The van der Waals surface area contributed by atoms with Gasteiger partial charge in [-0.05, 0) is 17.5 Å². The molecule has 0 bridgehead atoms. The van der Waals surface area contributed by atoms with Crippen molar-refractivity contribution in [3.05, 3.63) is 36.3 Å². The van der Waals surface area contributed by atoms with E-state index in [9.17, 15) is 14.7 Å². The molecule has 2 aromatic rings. The summed E-state index contributed by atoms with van der Waals surface area (Å²) in [6, 6.07) is 4.66. The zero-order valence-electron chi connectivity index (χ0n) is 12.3. The Morgan fingerprint density at radius 2 is 2.10 bits per heavy atom. The minimum absolute atomic E-state index is 0.0571. The first-order valence-corrected chi connectivity index (χ1v) is 6.72. The monoisotopic (exact) mass is 289 g/mol. The molecule has 6 nitrogen and oxygen atoms in total. The van der Waals surface area contributed by atoms with Gasteiger partial charge in [0.15, 0.2) is 0 Å². The molecule has 112 valence electrons. The molecule has 6 heteroatoms. The highest BCUT2D eigenvalue weighted by Crippen LogP contribution is 2.19. The van der Waals surface area contributed by atoms with E-state index >= 15 is 0 Å². The highest BCUT2D eigenvalue weighted by atomic mass is 16.4. The van der Waals surface area contributed by atoms with Crippen LogP contribution in [0.5, 0.6) is 0 Å². The number of rotatable bonds is 4. The Morgan fingerprint density at radius 1 is 1.38 bits per heavy atom. The van der Waals surface area contributed by atoms with Gasteiger partial charge in [0.2, 0.25) is 5.91 Å². The van der Waals surface area contributed by atoms with Crippen LogP contribution in [0.15, 0.2) is 30.6 Å². The van der Waals surface area contributed by atoms with E-state index in [0.29, 0.717) is 5.69 Å². The van der Waals surface area contributed by atoms with Crippen LogP contribution in [0.3, 0.4) is 0 Å². The average Bonchev–Trinajstić information content (AvgIpc) is 2.76. The lowest BCUT2D eigenvalue weighted by molar-refractivity contribution is -0.144. The van der Waals surface area contributed by atoms with Crippen molar-refractivity contribution in [2.75, 3.05) is 0 Å². The lowest BCUT2D eigenvalue weighted by Gasteiger charge is -2.27. The number of nitrogens with one attached hydrogen (secondary N) is 1. The third-order valence-corrected chi connectivity index (χ3v) is 3.17. The van der Waals surface area contributed by atoms with Gasteiger partial charge in [-0.2, -0.15) is 0 Å². The molecule has 0 aliphatic heterocycles. The second-order valence-corrected chi connectivity index (χ2v) is 6.08. The second kappa shape index (κ2) is 5.55. The average molecular weight is 289 g/mol. The molecule has 2 aromatic heterocycles. The summed E-state index contributed by atoms with van der Waals surface area (Å²) >= 11 is 0. The van der Waals surface area contributed by atoms with Gasteiger partial charge in [0, 0.05) is 12.4 Å². The molecule has 0 saturated heterocycles. The van der Waals surface area contributed by atoms with Crippen LogP contribution in [0.25, 0.3) is 5.65 Å². The Labute approximate surface area is 122 Å². The van der Waals surface area contributed by atoms with Gasteiger partial charge in [0.05, 0.1) is 12.1 Å². The fourth-order valence-electron chi connectivity index (χ4n) is 2.10. The number of aliphatic carboxylic acids is 1. The Bertz CT molecular complexity index is 637. The first-order chi connectivity index (χ1) is 9.77. The van der Waals surface area contributed by atoms with Crippen LogP contribution < -0.4 is 5.32 Å². The number of carbonyl (C=O) groups excluding carboxylic acids is 1.